The quantitative estimate of drug-likeness (QED) is 0.558. The second-order valence-corrected chi connectivity index (χ2v) is 6.87. The first-order valence-corrected chi connectivity index (χ1v) is 9.49. The normalized spacial score (nSPS) is 12.1. The molecule has 1 unspecified atom stereocenters. The van der Waals surface area contributed by atoms with Crippen molar-refractivity contribution in [3.8, 4) is 5.75 Å². The predicted octanol–water partition coefficient (Wildman–Crippen LogP) is 5.04. The summed E-state index contributed by atoms with van der Waals surface area (Å²) in [6, 6.07) is 18.4. The first-order chi connectivity index (χ1) is 12.2. The SMILES string of the molecule is CCn1c(SCc2ccc(C)cc2)nnc1C(C)Oc1ccccc1. The van der Waals surface area contributed by atoms with E-state index in [1.807, 2.05) is 37.3 Å². The number of nitrogens with zero attached hydrogens (tertiary/aromatic N) is 3. The summed E-state index contributed by atoms with van der Waals surface area (Å²) in [7, 11) is 0. The Morgan fingerprint density at radius 2 is 1.76 bits per heavy atom. The number of hydrogen-bond donors (Lipinski definition) is 0. The van der Waals surface area contributed by atoms with Gasteiger partial charge in [0.15, 0.2) is 17.1 Å². The van der Waals surface area contributed by atoms with Crippen LogP contribution < -0.4 is 4.74 Å². The summed E-state index contributed by atoms with van der Waals surface area (Å²) in [5.41, 5.74) is 2.57. The maximum absolute atomic E-state index is 6.00. The third kappa shape index (κ3) is 4.42. The lowest BCUT2D eigenvalue weighted by Crippen LogP contribution is -2.11. The van der Waals surface area contributed by atoms with Crippen molar-refractivity contribution in [3.63, 3.8) is 0 Å². The summed E-state index contributed by atoms with van der Waals surface area (Å²) in [6.45, 7) is 7.04. The molecule has 5 heteroatoms. The van der Waals surface area contributed by atoms with Crippen molar-refractivity contribution in [2.24, 2.45) is 0 Å². The van der Waals surface area contributed by atoms with Crippen LogP contribution in [0, 0.1) is 6.92 Å². The molecule has 0 saturated heterocycles. The van der Waals surface area contributed by atoms with Crippen molar-refractivity contribution >= 4 is 11.8 Å². The van der Waals surface area contributed by atoms with E-state index in [0.717, 1.165) is 29.0 Å². The maximum atomic E-state index is 6.00. The van der Waals surface area contributed by atoms with Crippen molar-refractivity contribution in [2.75, 3.05) is 0 Å². The van der Waals surface area contributed by atoms with E-state index in [4.69, 9.17) is 4.74 Å². The summed E-state index contributed by atoms with van der Waals surface area (Å²) in [6.07, 6.45) is -0.149. The molecular formula is C20H23N3OS. The minimum Gasteiger partial charge on any atom is -0.483 e. The van der Waals surface area contributed by atoms with Crippen LogP contribution in [0.3, 0.4) is 0 Å². The minimum absolute atomic E-state index is 0.149. The van der Waals surface area contributed by atoms with Crippen LogP contribution in [0.4, 0.5) is 0 Å². The number of aromatic nitrogens is 3. The van der Waals surface area contributed by atoms with E-state index in [-0.39, 0.29) is 6.10 Å². The van der Waals surface area contributed by atoms with Crippen LogP contribution in [0.2, 0.25) is 0 Å². The van der Waals surface area contributed by atoms with Gasteiger partial charge in [0.25, 0.3) is 0 Å². The third-order valence-corrected chi connectivity index (χ3v) is 5.01. The number of hydrogen-bond acceptors (Lipinski definition) is 4. The van der Waals surface area contributed by atoms with Crippen LogP contribution in [-0.4, -0.2) is 14.8 Å². The molecule has 0 saturated carbocycles. The Bertz CT molecular complexity index is 800. The molecule has 0 bridgehead atoms. The van der Waals surface area contributed by atoms with Crippen molar-refractivity contribution in [1.29, 1.82) is 0 Å². The molecule has 0 radical (unpaired) electrons. The molecule has 0 aliphatic carbocycles. The number of benzene rings is 2. The molecule has 1 aromatic heterocycles. The molecule has 1 atom stereocenters. The number of thioether (sulfide) groups is 1. The molecule has 3 rings (SSSR count). The molecule has 0 amide bonds. The van der Waals surface area contributed by atoms with Crippen molar-refractivity contribution in [1.82, 2.24) is 14.8 Å². The minimum atomic E-state index is -0.149. The zero-order chi connectivity index (χ0) is 17.6. The molecule has 4 nitrogen and oxygen atoms in total. The summed E-state index contributed by atoms with van der Waals surface area (Å²) >= 11 is 1.71. The Balaban J connectivity index is 1.70. The Morgan fingerprint density at radius 1 is 1.04 bits per heavy atom. The topological polar surface area (TPSA) is 39.9 Å². The van der Waals surface area contributed by atoms with Crippen LogP contribution >= 0.6 is 11.8 Å². The van der Waals surface area contributed by atoms with E-state index in [0.29, 0.717) is 0 Å². The van der Waals surface area contributed by atoms with Crippen molar-refractivity contribution in [2.45, 2.75) is 44.3 Å². The highest BCUT2D eigenvalue weighted by atomic mass is 32.2. The van der Waals surface area contributed by atoms with Crippen LogP contribution in [0.5, 0.6) is 5.75 Å². The van der Waals surface area contributed by atoms with Crippen LogP contribution in [-0.2, 0) is 12.3 Å². The fourth-order valence-electron chi connectivity index (χ4n) is 2.59. The first kappa shape index (κ1) is 17.5. The molecule has 2 aromatic carbocycles. The van der Waals surface area contributed by atoms with Crippen LogP contribution in [0.1, 0.15) is 36.9 Å². The van der Waals surface area contributed by atoms with E-state index in [2.05, 4.69) is 52.9 Å². The van der Waals surface area contributed by atoms with Gasteiger partial charge >= 0.3 is 0 Å². The average Bonchev–Trinajstić information content (AvgIpc) is 3.05. The molecule has 0 aliphatic heterocycles. The van der Waals surface area contributed by atoms with Crippen molar-refractivity contribution in [3.05, 3.63) is 71.5 Å². The molecule has 0 N–H and O–H groups in total. The lowest BCUT2D eigenvalue weighted by atomic mass is 10.2. The smallest absolute Gasteiger partial charge is 0.191 e. The Labute approximate surface area is 153 Å². The molecule has 25 heavy (non-hydrogen) atoms. The van der Waals surface area contributed by atoms with Gasteiger partial charge in [-0.1, -0.05) is 59.8 Å². The number of ether oxygens (including phenoxy) is 1. The fraction of sp³-hybridized carbons (Fsp3) is 0.300. The summed E-state index contributed by atoms with van der Waals surface area (Å²) < 4.78 is 8.13. The Kier molecular flexibility index (Phi) is 5.76. The lowest BCUT2D eigenvalue weighted by molar-refractivity contribution is 0.210. The zero-order valence-electron chi connectivity index (χ0n) is 14.8. The van der Waals surface area contributed by atoms with Crippen LogP contribution in [0.15, 0.2) is 59.8 Å². The fourth-order valence-corrected chi connectivity index (χ4v) is 3.56. The third-order valence-electron chi connectivity index (χ3n) is 3.97. The number of rotatable bonds is 7. The van der Waals surface area contributed by atoms with Gasteiger partial charge in [-0.2, -0.15) is 0 Å². The highest BCUT2D eigenvalue weighted by Gasteiger charge is 2.18. The molecule has 130 valence electrons. The van der Waals surface area contributed by atoms with Crippen LogP contribution in [0.25, 0.3) is 0 Å². The molecule has 0 fully saturated rings. The molecule has 0 aliphatic rings. The summed E-state index contributed by atoms with van der Waals surface area (Å²) in [5, 5.41) is 9.69. The van der Waals surface area contributed by atoms with Crippen molar-refractivity contribution < 1.29 is 4.74 Å². The van der Waals surface area contributed by atoms with Gasteiger partial charge < -0.3 is 9.30 Å². The standard InChI is InChI=1S/C20H23N3OS/c1-4-23-19(16(3)24-18-8-6-5-7-9-18)21-22-20(23)25-14-17-12-10-15(2)11-13-17/h5-13,16H,4,14H2,1-3H3. The maximum Gasteiger partial charge on any atom is 0.191 e. The monoisotopic (exact) mass is 353 g/mol. The average molecular weight is 353 g/mol. The van der Waals surface area contributed by atoms with E-state index < -0.39 is 0 Å². The largest absolute Gasteiger partial charge is 0.483 e. The van der Waals surface area contributed by atoms with Gasteiger partial charge in [0.05, 0.1) is 0 Å². The molecular weight excluding hydrogens is 330 g/mol. The highest BCUT2D eigenvalue weighted by Crippen LogP contribution is 2.26. The van der Waals surface area contributed by atoms with E-state index in [9.17, 15) is 0 Å². The molecule has 3 aromatic rings. The Morgan fingerprint density at radius 3 is 2.44 bits per heavy atom. The van der Waals surface area contributed by atoms with E-state index in [1.54, 1.807) is 11.8 Å². The van der Waals surface area contributed by atoms with Gasteiger partial charge in [0, 0.05) is 12.3 Å². The highest BCUT2D eigenvalue weighted by molar-refractivity contribution is 7.98. The Hall–Kier alpha value is -2.27. The number of para-hydroxylation sites is 1. The van der Waals surface area contributed by atoms with Gasteiger partial charge in [-0.25, -0.2) is 0 Å². The molecule has 1 heterocycles. The second-order valence-electron chi connectivity index (χ2n) is 5.93. The van der Waals surface area contributed by atoms with Gasteiger partial charge in [0.2, 0.25) is 0 Å². The van der Waals surface area contributed by atoms with Gasteiger partial charge in [-0.15, -0.1) is 10.2 Å². The summed E-state index contributed by atoms with van der Waals surface area (Å²) in [5.74, 6) is 2.58. The second kappa shape index (κ2) is 8.21. The van der Waals surface area contributed by atoms with Gasteiger partial charge in [-0.3, -0.25) is 0 Å². The molecule has 0 spiro atoms. The van der Waals surface area contributed by atoms with E-state index >= 15 is 0 Å². The predicted molar refractivity (Wildman–Crippen MR) is 102 cm³/mol. The summed E-state index contributed by atoms with van der Waals surface area (Å²) in [4.78, 5) is 0. The van der Waals surface area contributed by atoms with E-state index in [1.165, 1.54) is 11.1 Å². The van der Waals surface area contributed by atoms with Gasteiger partial charge in [0.1, 0.15) is 5.75 Å². The number of aryl methyl sites for hydroxylation is 1. The first-order valence-electron chi connectivity index (χ1n) is 8.50. The lowest BCUT2D eigenvalue weighted by Gasteiger charge is -2.15. The zero-order valence-corrected chi connectivity index (χ0v) is 15.7. The van der Waals surface area contributed by atoms with Gasteiger partial charge in [-0.05, 0) is 38.5 Å².